The number of aromatic nitrogens is 2. The molecule has 6 nitrogen and oxygen atoms in total. The summed E-state index contributed by atoms with van der Waals surface area (Å²) in [5.41, 5.74) is 5.43. The van der Waals surface area contributed by atoms with Gasteiger partial charge in [0.15, 0.2) is 0 Å². The van der Waals surface area contributed by atoms with Gasteiger partial charge in [-0.25, -0.2) is 0 Å². The molecule has 1 rings (SSSR count). The van der Waals surface area contributed by atoms with E-state index in [9.17, 15) is 4.79 Å². The van der Waals surface area contributed by atoms with E-state index < -0.39 is 0 Å². The number of hydrogen-bond acceptors (Lipinski definition) is 4. The van der Waals surface area contributed by atoms with Crippen LogP contribution in [-0.2, 0) is 11.3 Å². The maximum atomic E-state index is 11.6. The van der Waals surface area contributed by atoms with Gasteiger partial charge >= 0.3 is 0 Å². The number of nitrogens with zero attached hydrogens (tertiary/aromatic N) is 2. The average molecular weight is 226 g/mol. The second-order valence-electron chi connectivity index (χ2n) is 3.62. The molecule has 16 heavy (non-hydrogen) atoms. The Bertz CT molecular complexity index is 337. The zero-order valence-electron chi connectivity index (χ0n) is 9.39. The molecule has 0 bridgehead atoms. The van der Waals surface area contributed by atoms with Crippen LogP contribution in [0.2, 0.25) is 0 Å². The van der Waals surface area contributed by atoms with Crippen LogP contribution < -0.4 is 11.1 Å². The largest absolute Gasteiger partial charge is 0.396 e. The third-order valence-corrected chi connectivity index (χ3v) is 2.30. The van der Waals surface area contributed by atoms with Gasteiger partial charge in [-0.15, -0.1) is 0 Å². The van der Waals surface area contributed by atoms with Crippen LogP contribution in [0.4, 0.5) is 5.82 Å². The van der Waals surface area contributed by atoms with E-state index in [1.54, 1.807) is 12.3 Å². The van der Waals surface area contributed by atoms with Crippen LogP contribution in [0.15, 0.2) is 12.3 Å². The smallest absolute Gasteiger partial charge is 0.241 e. The fourth-order valence-corrected chi connectivity index (χ4v) is 1.42. The number of aliphatic hydroxyl groups is 1. The molecular formula is C10H18N4O2. The molecule has 1 amide bonds. The Kier molecular flexibility index (Phi) is 4.78. The first-order chi connectivity index (χ1) is 7.65. The molecule has 0 saturated carbocycles. The number of rotatable bonds is 6. The molecule has 0 aromatic carbocycles. The van der Waals surface area contributed by atoms with Gasteiger partial charge in [0.05, 0.1) is 0 Å². The number of nitrogens with two attached hydrogens (primary N) is 1. The van der Waals surface area contributed by atoms with Gasteiger partial charge < -0.3 is 16.2 Å². The van der Waals surface area contributed by atoms with Crippen molar-refractivity contribution in [2.75, 3.05) is 12.3 Å². The van der Waals surface area contributed by atoms with Crippen LogP contribution in [0.1, 0.15) is 19.8 Å². The first-order valence-corrected chi connectivity index (χ1v) is 5.34. The zero-order chi connectivity index (χ0) is 12.0. The van der Waals surface area contributed by atoms with Crippen molar-refractivity contribution < 1.29 is 9.90 Å². The average Bonchev–Trinajstić information content (AvgIpc) is 2.63. The van der Waals surface area contributed by atoms with Crippen molar-refractivity contribution in [3.8, 4) is 0 Å². The minimum Gasteiger partial charge on any atom is -0.396 e. The lowest BCUT2D eigenvalue weighted by Crippen LogP contribution is -2.37. The monoisotopic (exact) mass is 226 g/mol. The van der Waals surface area contributed by atoms with Gasteiger partial charge in [-0.05, 0) is 18.9 Å². The Hall–Kier alpha value is -1.56. The fraction of sp³-hybridized carbons (Fsp3) is 0.600. The van der Waals surface area contributed by atoms with Crippen molar-refractivity contribution >= 4 is 11.7 Å². The first-order valence-electron chi connectivity index (χ1n) is 5.34. The van der Waals surface area contributed by atoms with Gasteiger partial charge in [-0.2, -0.15) is 5.10 Å². The molecule has 1 unspecified atom stereocenters. The number of anilines is 1. The molecule has 1 atom stereocenters. The standard InChI is InChI=1S/C10H18N4O2/c1-2-8(4-6-15)12-10(16)7-14-5-3-9(11)13-14/h3,5,8,15H,2,4,6-7H2,1H3,(H2,11,13)(H,12,16). The summed E-state index contributed by atoms with van der Waals surface area (Å²) in [5.74, 6) is 0.276. The quantitative estimate of drug-likeness (QED) is 0.623. The summed E-state index contributed by atoms with van der Waals surface area (Å²) in [7, 11) is 0. The Morgan fingerprint density at radius 2 is 2.50 bits per heavy atom. The minimum absolute atomic E-state index is 0.0189. The van der Waals surface area contributed by atoms with E-state index in [4.69, 9.17) is 10.8 Å². The van der Waals surface area contributed by atoms with Crippen LogP contribution in [0.3, 0.4) is 0 Å². The lowest BCUT2D eigenvalue weighted by molar-refractivity contribution is -0.122. The van der Waals surface area contributed by atoms with Crippen molar-refractivity contribution in [3.05, 3.63) is 12.3 Å². The number of hydrogen-bond donors (Lipinski definition) is 3. The number of nitrogen functional groups attached to an aromatic ring is 1. The summed E-state index contributed by atoms with van der Waals surface area (Å²) in [6.07, 6.45) is 3.03. The number of nitrogens with one attached hydrogen (secondary N) is 1. The third-order valence-electron chi connectivity index (χ3n) is 2.30. The highest BCUT2D eigenvalue weighted by molar-refractivity contribution is 5.75. The van der Waals surface area contributed by atoms with Gasteiger partial charge in [0.2, 0.25) is 5.91 Å². The van der Waals surface area contributed by atoms with Crippen molar-refractivity contribution in [2.45, 2.75) is 32.4 Å². The lowest BCUT2D eigenvalue weighted by atomic mass is 10.1. The molecular weight excluding hydrogens is 208 g/mol. The van der Waals surface area contributed by atoms with E-state index in [2.05, 4.69) is 10.4 Å². The zero-order valence-corrected chi connectivity index (χ0v) is 9.39. The van der Waals surface area contributed by atoms with Gasteiger partial charge in [-0.1, -0.05) is 6.92 Å². The second kappa shape index (κ2) is 6.12. The third kappa shape index (κ3) is 3.90. The highest BCUT2D eigenvalue weighted by Gasteiger charge is 2.10. The molecule has 0 aliphatic carbocycles. The van der Waals surface area contributed by atoms with Gasteiger partial charge in [0.25, 0.3) is 0 Å². The first kappa shape index (κ1) is 12.5. The van der Waals surface area contributed by atoms with Gasteiger partial charge in [0, 0.05) is 18.8 Å². The highest BCUT2D eigenvalue weighted by atomic mass is 16.3. The van der Waals surface area contributed by atoms with E-state index >= 15 is 0 Å². The number of amides is 1. The van der Waals surface area contributed by atoms with Crippen LogP contribution in [0.5, 0.6) is 0 Å². The molecule has 1 aromatic heterocycles. The topological polar surface area (TPSA) is 93.2 Å². The summed E-state index contributed by atoms with van der Waals surface area (Å²) >= 11 is 0. The fourth-order valence-electron chi connectivity index (χ4n) is 1.42. The highest BCUT2D eigenvalue weighted by Crippen LogP contribution is 1.98. The molecule has 0 aliphatic heterocycles. The number of carbonyl (C=O) groups excluding carboxylic acids is 1. The summed E-state index contributed by atoms with van der Waals surface area (Å²) in [6.45, 7) is 2.19. The van der Waals surface area contributed by atoms with Crippen molar-refractivity contribution in [1.29, 1.82) is 0 Å². The minimum atomic E-state index is -0.122. The Morgan fingerprint density at radius 1 is 1.75 bits per heavy atom. The summed E-state index contributed by atoms with van der Waals surface area (Å²) in [4.78, 5) is 11.6. The number of carbonyl (C=O) groups is 1. The van der Waals surface area contributed by atoms with Crippen LogP contribution in [0, 0.1) is 0 Å². The Balaban J connectivity index is 2.40. The Morgan fingerprint density at radius 3 is 3.00 bits per heavy atom. The molecule has 90 valence electrons. The van der Waals surface area contributed by atoms with E-state index in [0.717, 1.165) is 6.42 Å². The van der Waals surface area contributed by atoms with Crippen molar-refractivity contribution in [3.63, 3.8) is 0 Å². The van der Waals surface area contributed by atoms with E-state index in [-0.39, 0.29) is 25.1 Å². The molecule has 0 aliphatic rings. The molecule has 0 fully saturated rings. The molecule has 1 aromatic rings. The molecule has 0 saturated heterocycles. The summed E-state index contributed by atoms with van der Waals surface area (Å²) in [6, 6.07) is 1.66. The van der Waals surface area contributed by atoms with E-state index in [1.807, 2.05) is 6.92 Å². The van der Waals surface area contributed by atoms with Crippen LogP contribution >= 0.6 is 0 Å². The summed E-state index contributed by atoms with van der Waals surface area (Å²) < 4.78 is 1.48. The van der Waals surface area contributed by atoms with Gasteiger partial charge in [0.1, 0.15) is 12.4 Å². The second-order valence-corrected chi connectivity index (χ2v) is 3.62. The van der Waals surface area contributed by atoms with Crippen molar-refractivity contribution in [2.24, 2.45) is 0 Å². The predicted molar refractivity (Wildman–Crippen MR) is 60.6 cm³/mol. The molecule has 1 heterocycles. The van der Waals surface area contributed by atoms with E-state index in [0.29, 0.717) is 12.2 Å². The van der Waals surface area contributed by atoms with Crippen LogP contribution in [0.25, 0.3) is 0 Å². The normalized spacial score (nSPS) is 12.4. The number of aliphatic hydroxyl groups excluding tert-OH is 1. The molecule has 0 radical (unpaired) electrons. The summed E-state index contributed by atoms with van der Waals surface area (Å²) in [5, 5.41) is 15.5. The maximum absolute atomic E-state index is 11.6. The van der Waals surface area contributed by atoms with E-state index in [1.165, 1.54) is 4.68 Å². The molecule has 4 N–H and O–H groups in total. The molecule has 0 spiro atoms. The SMILES string of the molecule is CCC(CCO)NC(=O)Cn1ccc(N)n1. The predicted octanol–water partition coefficient (Wildman–Crippen LogP) is -0.257. The molecule has 6 heteroatoms. The Labute approximate surface area is 94.4 Å². The van der Waals surface area contributed by atoms with Crippen LogP contribution in [-0.4, -0.2) is 33.4 Å². The maximum Gasteiger partial charge on any atom is 0.241 e. The lowest BCUT2D eigenvalue weighted by Gasteiger charge is -2.15. The van der Waals surface area contributed by atoms with Gasteiger partial charge in [-0.3, -0.25) is 9.48 Å². The van der Waals surface area contributed by atoms with Crippen molar-refractivity contribution in [1.82, 2.24) is 15.1 Å².